The number of nitrogens with zero attached hydrogens (tertiary/aromatic N) is 1. The maximum atomic E-state index is 3.72. The highest BCUT2D eigenvalue weighted by Gasteiger charge is 2.26. The van der Waals surface area contributed by atoms with E-state index >= 15 is 0 Å². The lowest BCUT2D eigenvalue weighted by Crippen LogP contribution is -2.49. The Morgan fingerprint density at radius 3 is 2.37 bits per heavy atom. The third-order valence-corrected chi connectivity index (χ3v) is 4.29. The van der Waals surface area contributed by atoms with E-state index in [0.29, 0.717) is 11.6 Å². The van der Waals surface area contributed by atoms with Crippen LogP contribution in [0.2, 0.25) is 0 Å². The van der Waals surface area contributed by atoms with Crippen molar-refractivity contribution < 1.29 is 0 Å². The quantitative estimate of drug-likeness (QED) is 0.896. The van der Waals surface area contributed by atoms with E-state index in [0.717, 1.165) is 6.54 Å². The predicted octanol–water partition coefficient (Wildman–Crippen LogP) is 3.35. The molecule has 0 aliphatic carbocycles. The van der Waals surface area contributed by atoms with Crippen molar-refractivity contribution in [1.82, 2.24) is 10.2 Å². The summed E-state index contributed by atoms with van der Waals surface area (Å²) in [5.41, 5.74) is 3.14. The zero-order valence-corrected chi connectivity index (χ0v) is 12.9. The molecule has 2 rings (SSSR count). The lowest BCUT2D eigenvalue weighted by molar-refractivity contribution is 0.0960. The molecule has 0 atom stereocenters. The fourth-order valence-electron chi connectivity index (χ4n) is 2.82. The predicted molar refractivity (Wildman–Crippen MR) is 82.4 cm³/mol. The summed E-state index contributed by atoms with van der Waals surface area (Å²) in [6.45, 7) is 12.6. The summed E-state index contributed by atoms with van der Waals surface area (Å²) >= 11 is 0. The van der Waals surface area contributed by atoms with Crippen LogP contribution in [0.15, 0.2) is 24.3 Å². The van der Waals surface area contributed by atoms with Crippen LogP contribution in [0.3, 0.4) is 0 Å². The van der Waals surface area contributed by atoms with Gasteiger partial charge in [-0.2, -0.15) is 0 Å². The van der Waals surface area contributed by atoms with Crippen molar-refractivity contribution in [3.63, 3.8) is 0 Å². The fraction of sp³-hybridized carbons (Fsp3) is 0.647. The number of benzene rings is 1. The van der Waals surface area contributed by atoms with Crippen LogP contribution in [0.5, 0.6) is 0 Å². The van der Waals surface area contributed by atoms with Crippen molar-refractivity contribution in [2.24, 2.45) is 0 Å². The molecule has 1 fully saturated rings. The van der Waals surface area contributed by atoms with Crippen LogP contribution >= 0.6 is 0 Å². The second-order valence-corrected chi connectivity index (χ2v) is 6.74. The van der Waals surface area contributed by atoms with Gasteiger partial charge in [0.05, 0.1) is 0 Å². The van der Waals surface area contributed by atoms with Gasteiger partial charge in [0.1, 0.15) is 0 Å². The highest BCUT2D eigenvalue weighted by Crippen LogP contribution is 2.20. The van der Waals surface area contributed by atoms with Crippen LogP contribution in [0.1, 0.15) is 44.7 Å². The first-order valence-corrected chi connectivity index (χ1v) is 7.50. The largest absolute Gasteiger partial charge is 0.310 e. The second-order valence-electron chi connectivity index (χ2n) is 6.74. The summed E-state index contributed by atoms with van der Waals surface area (Å²) in [5, 5.41) is 3.72. The van der Waals surface area contributed by atoms with Crippen LogP contribution in [-0.4, -0.2) is 29.6 Å². The normalized spacial score (nSPS) is 18.7. The molecular weight excluding hydrogens is 232 g/mol. The average Bonchev–Trinajstić information content (AvgIpc) is 2.37. The Morgan fingerprint density at radius 2 is 1.79 bits per heavy atom. The molecule has 0 aromatic heterocycles. The SMILES string of the molecule is Cc1ccccc1CNC1CCN(C(C)(C)C)CC1. The van der Waals surface area contributed by atoms with Gasteiger partial charge in [-0.1, -0.05) is 24.3 Å². The number of hydrogen-bond donors (Lipinski definition) is 1. The molecule has 2 heteroatoms. The number of aryl methyl sites for hydroxylation is 1. The van der Waals surface area contributed by atoms with Crippen LogP contribution in [0.25, 0.3) is 0 Å². The minimum absolute atomic E-state index is 0.320. The maximum Gasteiger partial charge on any atom is 0.0210 e. The number of likely N-dealkylation sites (tertiary alicyclic amines) is 1. The molecule has 1 heterocycles. The van der Waals surface area contributed by atoms with Gasteiger partial charge in [0, 0.05) is 31.2 Å². The summed E-state index contributed by atoms with van der Waals surface area (Å²) < 4.78 is 0. The molecule has 1 saturated heterocycles. The molecule has 1 aliphatic heterocycles. The molecule has 1 N–H and O–H groups in total. The van der Waals surface area contributed by atoms with Crippen LogP contribution in [-0.2, 0) is 6.54 Å². The zero-order valence-electron chi connectivity index (χ0n) is 12.9. The zero-order chi connectivity index (χ0) is 13.9. The van der Waals surface area contributed by atoms with Gasteiger partial charge in [0.25, 0.3) is 0 Å². The second kappa shape index (κ2) is 6.06. The number of hydrogen-bond acceptors (Lipinski definition) is 2. The molecule has 0 unspecified atom stereocenters. The monoisotopic (exact) mass is 260 g/mol. The Morgan fingerprint density at radius 1 is 1.16 bits per heavy atom. The summed E-state index contributed by atoms with van der Waals surface area (Å²) in [6.07, 6.45) is 2.53. The highest BCUT2D eigenvalue weighted by atomic mass is 15.2. The van der Waals surface area contributed by atoms with E-state index in [-0.39, 0.29) is 0 Å². The summed E-state index contributed by atoms with van der Waals surface area (Å²) in [5.74, 6) is 0. The van der Waals surface area contributed by atoms with Gasteiger partial charge in [-0.05, 0) is 51.7 Å². The molecule has 0 bridgehead atoms. The Balaban J connectivity index is 1.79. The maximum absolute atomic E-state index is 3.72. The van der Waals surface area contributed by atoms with Crippen molar-refractivity contribution in [3.8, 4) is 0 Å². The molecule has 0 amide bonds. The standard InChI is InChI=1S/C17H28N2/c1-14-7-5-6-8-15(14)13-18-16-9-11-19(12-10-16)17(2,3)4/h5-8,16,18H,9-13H2,1-4H3. The Labute approximate surface area is 118 Å². The average molecular weight is 260 g/mol. The highest BCUT2D eigenvalue weighted by molar-refractivity contribution is 5.25. The third kappa shape index (κ3) is 4.05. The molecule has 1 aromatic carbocycles. The molecule has 0 saturated carbocycles. The smallest absolute Gasteiger partial charge is 0.0210 e. The van der Waals surface area contributed by atoms with Gasteiger partial charge in [-0.15, -0.1) is 0 Å². The number of nitrogens with one attached hydrogen (secondary N) is 1. The van der Waals surface area contributed by atoms with E-state index in [9.17, 15) is 0 Å². The molecule has 0 radical (unpaired) electrons. The summed E-state index contributed by atoms with van der Waals surface area (Å²) in [6, 6.07) is 9.34. The summed E-state index contributed by atoms with van der Waals surface area (Å²) in [7, 11) is 0. The minimum Gasteiger partial charge on any atom is -0.310 e. The first-order chi connectivity index (χ1) is 8.97. The van der Waals surface area contributed by atoms with Crippen LogP contribution in [0.4, 0.5) is 0 Å². The van der Waals surface area contributed by atoms with Crippen molar-refractivity contribution in [3.05, 3.63) is 35.4 Å². The van der Waals surface area contributed by atoms with E-state index in [2.05, 4.69) is 62.2 Å². The van der Waals surface area contributed by atoms with E-state index in [1.165, 1.54) is 37.1 Å². The molecule has 2 nitrogen and oxygen atoms in total. The van der Waals surface area contributed by atoms with Crippen molar-refractivity contribution in [2.75, 3.05) is 13.1 Å². The fourth-order valence-corrected chi connectivity index (χ4v) is 2.82. The van der Waals surface area contributed by atoms with Crippen LogP contribution < -0.4 is 5.32 Å². The van der Waals surface area contributed by atoms with Gasteiger partial charge >= 0.3 is 0 Å². The number of piperidine rings is 1. The molecule has 0 spiro atoms. The minimum atomic E-state index is 0.320. The lowest BCUT2D eigenvalue weighted by atomic mass is 9.98. The molecule has 19 heavy (non-hydrogen) atoms. The summed E-state index contributed by atoms with van der Waals surface area (Å²) in [4.78, 5) is 2.60. The van der Waals surface area contributed by atoms with Gasteiger partial charge in [-0.3, -0.25) is 4.90 Å². The molecule has 1 aliphatic rings. The van der Waals surface area contributed by atoms with E-state index in [1.807, 2.05) is 0 Å². The van der Waals surface area contributed by atoms with Gasteiger partial charge in [0.2, 0.25) is 0 Å². The van der Waals surface area contributed by atoms with Crippen LogP contribution in [0, 0.1) is 6.92 Å². The van der Waals surface area contributed by atoms with Crippen molar-refractivity contribution in [1.29, 1.82) is 0 Å². The van der Waals surface area contributed by atoms with E-state index < -0.39 is 0 Å². The molecular formula is C17H28N2. The third-order valence-electron chi connectivity index (χ3n) is 4.29. The Bertz CT molecular complexity index is 398. The first-order valence-electron chi connectivity index (χ1n) is 7.50. The lowest BCUT2D eigenvalue weighted by Gasteiger charge is -2.41. The Hall–Kier alpha value is -0.860. The molecule has 106 valence electrons. The van der Waals surface area contributed by atoms with Gasteiger partial charge in [0.15, 0.2) is 0 Å². The number of rotatable bonds is 3. The van der Waals surface area contributed by atoms with Gasteiger partial charge in [-0.25, -0.2) is 0 Å². The Kier molecular flexibility index (Phi) is 4.64. The first kappa shape index (κ1) is 14.5. The van der Waals surface area contributed by atoms with E-state index in [4.69, 9.17) is 0 Å². The van der Waals surface area contributed by atoms with Gasteiger partial charge < -0.3 is 5.32 Å². The van der Waals surface area contributed by atoms with E-state index in [1.54, 1.807) is 0 Å². The topological polar surface area (TPSA) is 15.3 Å². The van der Waals surface area contributed by atoms with Crippen molar-refractivity contribution >= 4 is 0 Å². The molecule has 1 aromatic rings. The van der Waals surface area contributed by atoms with Crippen molar-refractivity contribution in [2.45, 2.75) is 58.7 Å².